The van der Waals surface area contributed by atoms with Crippen LogP contribution in [0.5, 0.6) is 0 Å². The molecule has 0 aromatic carbocycles. The van der Waals surface area contributed by atoms with Crippen LogP contribution in [0.3, 0.4) is 0 Å². The Morgan fingerprint density at radius 2 is 2.11 bits per heavy atom. The zero-order chi connectivity index (χ0) is 13.3. The monoisotopic (exact) mass is 292 g/mol. The maximum absolute atomic E-state index is 12.5. The van der Waals surface area contributed by atoms with Gasteiger partial charge in [0.15, 0.2) is 9.84 Å². The second-order valence-electron chi connectivity index (χ2n) is 5.13. The normalized spacial score (nSPS) is 33.7. The van der Waals surface area contributed by atoms with E-state index in [4.69, 9.17) is 0 Å². The lowest BCUT2D eigenvalue weighted by atomic mass is 9.96. The van der Waals surface area contributed by atoms with Crippen molar-refractivity contribution >= 4 is 27.5 Å². The average Bonchev–Trinajstić information content (AvgIpc) is 2.73. The van der Waals surface area contributed by atoms with Crippen molar-refractivity contribution in [3.63, 3.8) is 0 Å². The summed E-state index contributed by atoms with van der Waals surface area (Å²) in [4.78, 5) is 14.1. The fourth-order valence-corrected chi connectivity index (χ4v) is 5.36. The van der Waals surface area contributed by atoms with Gasteiger partial charge in [-0.25, -0.2) is 8.42 Å². The summed E-state index contributed by atoms with van der Waals surface area (Å²) in [7, 11) is -3.20. The Balaban J connectivity index is 2.16. The van der Waals surface area contributed by atoms with E-state index in [2.05, 4.69) is 5.32 Å². The second-order valence-corrected chi connectivity index (χ2v) is 8.49. The first-order valence-electron chi connectivity index (χ1n) is 6.19. The quantitative estimate of drug-likeness (QED) is 0.763. The van der Waals surface area contributed by atoms with E-state index in [0.29, 0.717) is 18.8 Å². The minimum absolute atomic E-state index is 0.00299. The van der Waals surface area contributed by atoms with E-state index in [1.165, 1.54) is 6.26 Å². The van der Waals surface area contributed by atoms with Crippen LogP contribution in [0.2, 0.25) is 0 Å². The molecular weight excluding hydrogens is 272 g/mol. The highest BCUT2D eigenvalue weighted by atomic mass is 32.2. The summed E-state index contributed by atoms with van der Waals surface area (Å²) >= 11 is 1.61. The summed E-state index contributed by atoms with van der Waals surface area (Å²) in [5.74, 6) is 1.54. The van der Waals surface area contributed by atoms with Crippen LogP contribution in [0.4, 0.5) is 0 Å². The third-order valence-corrected chi connectivity index (χ3v) is 6.34. The van der Waals surface area contributed by atoms with Crippen LogP contribution in [-0.2, 0) is 14.6 Å². The number of nitrogens with zero attached hydrogens (tertiary/aromatic N) is 1. The van der Waals surface area contributed by atoms with Crippen molar-refractivity contribution in [1.29, 1.82) is 0 Å². The van der Waals surface area contributed by atoms with Gasteiger partial charge in [0, 0.05) is 30.9 Å². The molecule has 3 unspecified atom stereocenters. The fourth-order valence-electron chi connectivity index (χ4n) is 2.54. The van der Waals surface area contributed by atoms with Crippen LogP contribution in [0.15, 0.2) is 0 Å². The van der Waals surface area contributed by atoms with Crippen LogP contribution >= 0.6 is 11.8 Å². The molecule has 2 fully saturated rings. The number of nitrogens with one attached hydrogen (secondary N) is 1. The molecule has 2 aliphatic rings. The first-order valence-corrected chi connectivity index (χ1v) is 9.30. The minimum Gasteiger partial charge on any atom is -0.324 e. The number of carbonyl (C=O) groups excluding carboxylic acids is 1. The zero-order valence-electron chi connectivity index (χ0n) is 10.8. The molecule has 1 amide bonds. The lowest BCUT2D eigenvalue weighted by molar-refractivity contribution is -0.136. The first-order chi connectivity index (χ1) is 8.41. The predicted molar refractivity (Wildman–Crippen MR) is 73.2 cm³/mol. The third kappa shape index (κ3) is 2.83. The molecule has 2 rings (SSSR count). The molecule has 0 aliphatic carbocycles. The summed E-state index contributed by atoms with van der Waals surface area (Å²) in [6, 6.07) is 0. The van der Waals surface area contributed by atoms with Gasteiger partial charge in [-0.3, -0.25) is 4.79 Å². The summed E-state index contributed by atoms with van der Waals surface area (Å²) in [5, 5.41) is 2.55. The van der Waals surface area contributed by atoms with Gasteiger partial charge in [0.2, 0.25) is 5.91 Å². The summed E-state index contributed by atoms with van der Waals surface area (Å²) in [6.45, 7) is 4.09. The molecule has 2 heterocycles. The summed E-state index contributed by atoms with van der Waals surface area (Å²) in [5.41, 5.74) is 0. The van der Waals surface area contributed by atoms with Crippen molar-refractivity contribution < 1.29 is 13.2 Å². The van der Waals surface area contributed by atoms with Crippen molar-refractivity contribution in [2.45, 2.75) is 12.3 Å². The number of rotatable bonds is 2. The van der Waals surface area contributed by atoms with Gasteiger partial charge in [-0.2, -0.15) is 11.8 Å². The number of thioether (sulfide) groups is 1. The van der Waals surface area contributed by atoms with Crippen molar-refractivity contribution in [3.05, 3.63) is 0 Å². The van der Waals surface area contributed by atoms with Crippen molar-refractivity contribution in [1.82, 2.24) is 10.2 Å². The number of hydrogen-bond donors (Lipinski definition) is 1. The average molecular weight is 292 g/mol. The van der Waals surface area contributed by atoms with Crippen LogP contribution in [0.25, 0.3) is 0 Å². The van der Waals surface area contributed by atoms with Crippen LogP contribution in [0, 0.1) is 11.8 Å². The molecule has 0 spiro atoms. The number of carbonyl (C=O) groups is 1. The molecule has 1 N–H and O–H groups in total. The lowest BCUT2D eigenvalue weighted by Crippen LogP contribution is -2.52. The molecule has 0 bridgehead atoms. The molecule has 2 aliphatic heterocycles. The van der Waals surface area contributed by atoms with Crippen molar-refractivity contribution in [2.24, 2.45) is 11.8 Å². The zero-order valence-corrected chi connectivity index (χ0v) is 12.4. The Hall–Kier alpha value is -0.270. The number of hydrogen-bond acceptors (Lipinski definition) is 5. The third-order valence-electron chi connectivity index (χ3n) is 3.70. The van der Waals surface area contributed by atoms with Gasteiger partial charge in [0.25, 0.3) is 0 Å². The molecule has 18 heavy (non-hydrogen) atoms. The number of amides is 1. The van der Waals surface area contributed by atoms with E-state index in [0.717, 1.165) is 12.3 Å². The molecule has 5 nitrogen and oxygen atoms in total. The van der Waals surface area contributed by atoms with E-state index >= 15 is 0 Å². The topological polar surface area (TPSA) is 66.5 Å². The molecule has 0 radical (unpaired) electrons. The molecule has 0 aromatic heterocycles. The van der Waals surface area contributed by atoms with Gasteiger partial charge < -0.3 is 10.2 Å². The standard InChI is InChI=1S/C11H20N2O3S2/c1-8-5-12-6-9(8)11(14)13-3-4-17-7-10(13)18(2,15)16/h8-10,12H,3-7H2,1-2H3. The Morgan fingerprint density at radius 3 is 2.67 bits per heavy atom. The molecule has 2 saturated heterocycles. The minimum atomic E-state index is -3.20. The molecular formula is C11H20N2O3S2. The molecule has 0 aromatic rings. The Morgan fingerprint density at radius 1 is 1.39 bits per heavy atom. The van der Waals surface area contributed by atoms with Crippen LogP contribution in [-0.4, -0.2) is 62.0 Å². The van der Waals surface area contributed by atoms with E-state index in [1.807, 2.05) is 6.92 Å². The molecule has 3 atom stereocenters. The molecule has 7 heteroatoms. The fraction of sp³-hybridized carbons (Fsp3) is 0.909. The molecule has 104 valence electrons. The molecule has 0 saturated carbocycles. The maximum Gasteiger partial charge on any atom is 0.228 e. The number of sulfone groups is 1. The smallest absolute Gasteiger partial charge is 0.228 e. The van der Waals surface area contributed by atoms with Crippen LogP contribution in [0.1, 0.15) is 6.92 Å². The highest BCUT2D eigenvalue weighted by Gasteiger charge is 2.39. The largest absolute Gasteiger partial charge is 0.324 e. The van der Waals surface area contributed by atoms with Gasteiger partial charge in [-0.1, -0.05) is 6.92 Å². The summed E-state index contributed by atoms with van der Waals surface area (Å²) in [6.07, 6.45) is 1.22. The van der Waals surface area contributed by atoms with E-state index in [-0.39, 0.29) is 17.7 Å². The van der Waals surface area contributed by atoms with Gasteiger partial charge >= 0.3 is 0 Å². The maximum atomic E-state index is 12.5. The first kappa shape index (κ1) is 14.1. The Labute approximate surface area is 113 Å². The van der Waals surface area contributed by atoms with E-state index in [1.54, 1.807) is 16.7 Å². The van der Waals surface area contributed by atoms with E-state index < -0.39 is 15.2 Å². The van der Waals surface area contributed by atoms with Crippen molar-refractivity contribution in [2.75, 3.05) is 37.4 Å². The second kappa shape index (κ2) is 5.38. The SMILES string of the molecule is CC1CNCC1C(=O)N1CCSCC1S(C)(=O)=O. The summed E-state index contributed by atoms with van der Waals surface area (Å²) < 4.78 is 23.5. The van der Waals surface area contributed by atoms with Gasteiger partial charge in [0.05, 0.1) is 5.92 Å². The Bertz CT molecular complexity index is 424. The lowest BCUT2D eigenvalue weighted by Gasteiger charge is -2.36. The van der Waals surface area contributed by atoms with Crippen molar-refractivity contribution in [3.8, 4) is 0 Å². The predicted octanol–water partition coefficient (Wildman–Crippen LogP) is -0.212. The van der Waals surface area contributed by atoms with E-state index in [9.17, 15) is 13.2 Å². The van der Waals surface area contributed by atoms with Gasteiger partial charge in [-0.15, -0.1) is 0 Å². The van der Waals surface area contributed by atoms with Gasteiger partial charge in [0.1, 0.15) is 5.37 Å². The Kier molecular flexibility index (Phi) is 4.23. The van der Waals surface area contributed by atoms with Crippen LogP contribution < -0.4 is 5.32 Å². The van der Waals surface area contributed by atoms with Gasteiger partial charge in [-0.05, 0) is 12.5 Å². The highest BCUT2D eigenvalue weighted by molar-refractivity contribution is 8.00. The highest BCUT2D eigenvalue weighted by Crippen LogP contribution is 2.25.